The van der Waals surface area contributed by atoms with Crippen molar-refractivity contribution in [1.82, 2.24) is 5.32 Å². The molecule has 0 aliphatic rings. The number of rotatable bonds is 33. The van der Waals surface area contributed by atoms with Gasteiger partial charge in [-0.1, -0.05) is 140 Å². The summed E-state index contributed by atoms with van der Waals surface area (Å²) < 4.78 is 21.9. The van der Waals surface area contributed by atoms with Gasteiger partial charge in [-0.05, 0) is 44.9 Å². The van der Waals surface area contributed by atoms with Crippen LogP contribution in [-0.4, -0.2) is 47.8 Å². The van der Waals surface area contributed by atoms with Gasteiger partial charge in [0.2, 0.25) is 5.91 Å². The lowest BCUT2D eigenvalue weighted by molar-refractivity contribution is -0.123. The van der Waals surface area contributed by atoms with Gasteiger partial charge in [-0.25, -0.2) is 4.57 Å². The lowest BCUT2D eigenvalue weighted by atomic mass is 10.1. The first kappa shape index (κ1) is 43.7. The third-order valence-electron chi connectivity index (χ3n) is 7.74. The van der Waals surface area contributed by atoms with Gasteiger partial charge >= 0.3 is 7.82 Å². The van der Waals surface area contributed by atoms with E-state index in [1.807, 2.05) is 6.08 Å². The summed E-state index contributed by atoms with van der Waals surface area (Å²) in [5.41, 5.74) is 5.34. The molecule has 0 saturated carbocycles. The third-order valence-corrected chi connectivity index (χ3v) is 8.73. The summed E-state index contributed by atoms with van der Waals surface area (Å²) in [4.78, 5) is 22.5. The second kappa shape index (κ2) is 32.7. The minimum atomic E-state index is -4.34. The van der Waals surface area contributed by atoms with E-state index in [0.717, 1.165) is 51.4 Å². The van der Waals surface area contributed by atoms with Crippen LogP contribution in [0.5, 0.6) is 0 Å². The fourth-order valence-electron chi connectivity index (χ4n) is 4.95. The number of aliphatic hydroxyl groups excluding tert-OH is 1. The first-order valence-corrected chi connectivity index (χ1v) is 19.6. The molecule has 8 nitrogen and oxygen atoms in total. The smallest absolute Gasteiger partial charge is 0.387 e. The van der Waals surface area contributed by atoms with Crippen LogP contribution >= 0.6 is 7.82 Å². The highest BCUT2D eigenvalue weighted by atomic mass is 31.2. The van der Waals surface area contributed by atoms with Gasteiger partial charge in [0, 0.05) is 13.0 Å². The SMILES string of the molecule is CCCCCCCC/C=C\CCCCCCCC(=O)N[C@@H](COP(=O)(O)OCCN)[C@H](O)/C=C/C=C/CCCCCCCCC. The number of nitrogens with two attached hydrogens (primary N) is 1. The summed E-state index contributed by atoms with van der Waals surface area (Å²) in [6.07, 6.45) is 36.3. The van der Waals surface area contributed by atoms with Crippen LogP contribution in [-0.2, 0) is 18.4 Å². The molecule has 5 N–H and O–H groups in total. The van der Waals surface area contributed by atoms with E-state index in [-0.39, 0.29) is 25.7 Å². The maximum absolute atomic E-state index is 12.6. The van der Waals surface area contributed by atoms with Crippen molar-refractivity contribution in [1.29, 1.82) is 0 Å². The molecule has 0 saturated heterocycles. The Morgan fingerprint density at radius 2 is 1.22 bits per heavy atom. The monoisotopic (exact) mass is 656 g/mol. The third kappa shape index (κ3) is 31.1. The molecule has 0 aliphatic carbocycles. The molecule has 0 bridgehead atoms. The van der Waals surface area contributed by atoms with E-state index in [2.05, 4.69) is 37.4 Å². The lowest BCUT2D eigenvalue weighted by Gasteiger charge is -2.23. The van der Waals surface area contributed by atoms with Gasteiger partial charge < -0.3 is 21.1 Å². The van der Waals surface area contributed by atoms with Crippen molar-refractivity contribution in [3.8, 4) is 0 Å². The second-order valence-corrected chi connectivity index (χ2v) is 13.6. The average molecular weight is 657 g/mol. The Balaban J connectivity index is 4.40. The van der Waals surface area contributed by atoms with Crippen LogP contribution in [0.15, 0.2) is 36.5 Å². The first-order chi connectivity index (χ1) is 21.9. The highest BCUT2D eigenvalue weighted by Crippen LogP contribution is 2.43. The van der Waals surface area contributed by atoms with E-state index in [9.17, 15) is 19.4 Å². The number of allylic oxidation sites excluding steroid dienone is 5. The highest BCUT2D eigenvalue weighted by Gasteiger charge is 2.26. The average Bonchev–Trinajstić information content (AvgIpc) is 3.02. The summed E-state index contributed by atoms with van der Waals surface area (Å²) in [5.74, 6) is -0.223. The molecule has 0 aromatic heterocycles. The summed E-state index contributed by atoms with van der Waals surface area (Å²) in [5, 5.41) is 13.5. The number of amides is 1. The van der Waals surface area contributed by atoms with Crippen LogP contribution in [0.1, 0.15) is 155 Å². The number of phosphoric ester groups is 1. The van der Waals surface area contributed by atoms with Crippen LogP contribution in [0.4, 0.5) is 0 Å². The number of unbranched alkanes of at least 4 members (excludes halogenated alkanes) is 18. The molecule has 0 aromatic rings. The molecular formula is C36H69N2O6P. The van der Waals surface area contributed by atoms with E-state index < -0.39 is 20.0 Å². The van der Waals surface area contributed by atoms with Gasteiger partial charge in [-0.3, -0.25) is 13.8 Å². The molecule has 0 radical (unpaired) electrons. The quantitative estimate of drug-likeness (QED) is 0.0240. The highest BCUT2D eigenvalue weighted by molar-refractivity contribution is 7.47. The molecule has 3 atom stereocenters. The Hall–Kier alpha value is -1.28. The van der Waals surface area contributed by atoms with Crippen molar-refractivity contribution >= 4 is 13.7 Å². The van der Waals surface area contributed by atoms with Gasteiger partial charge in [-0.15, -0.1) is 0 Å². The molecule has 1 amide bonds. The molecule has 45 heavy (non-hydrogen) atoms. The predicted octanol–water partition coefficient (Wildman–Crippen LogP) is 9.22. The van der Waals surface area contributed by atoms with Gasteiger partial charge in [0.1, 0.15) is 0 Å². The Kier molecular flexibility index (Phi) is 31.7. The Morgan fingerprint density at radius 1 is 0.733 bits per heavy atom. The maximum Gasteiger partial charge on any atom is 0.472 e. The minimum absolute atomic E-state index is 0.0700. The lowest BCUT2D eigenvalue weighted by Crippen LogP contribution is -2.45. The topological polar surface area (TPSA) is 131 Å². The molecule has 0 heterocycles. The van der Waals surface area contributed by atoms with E-state index in [0.29, 0.717) is 6.42 Å². The van der Waals surface area contributed by atoms with Gasteiger partial charge in [0.25, 0.3) is 0 Å². The van der Waals surface area contributed by atoms with Gasteiger partial charge in [0.05, 0.1) is 25.4 Å². The summed E-state index contributed by atoms with van der Waals surface area (Å²) in [7, 11) is -4.34. The zero-order valence-electron chi connectivity index (χ0n) is 28.8. The van der Waals surface area contributed by atoms with Crippen LogP contribution in [0.3, 0.4) is 0 Å². The van der Waals surface area contributed by atoms with Crippen LogP contribution < -0.4 is 11.1 Å². The van der Waals surface area contributed by atoms with Crippen LogP contribution in [0.25, 0.3) is 0 Å². The zero-order chi connectivity index (χ0) is 33.3. The fraction of sp³-hybridized carbons (Fsp3) is 0.806. The Labute approximate surface area is 276 Å². The molecule has 0 spiro atoms. The molecule has 0 aliphatic heterocycles. The fourth-order valence-corrected chi connectivity index (χ4v) is 5.71. The van der Waals surface area contributed by atoms with Crippen molar-refractivity contribution < 1.29 is 28.4 Å². The van der Waals surface area contributed by atoms with Crippen molar-refractivity contribution in [3.63, 3.8) is 0 Å². The summed E-state index contributed by atoms with van der Waals surface area (Å²) >= 11 is 0. The summed E-state index contributed by atoms with van der Waals surface area (Å²) in [6.45, 7) is 4.04. The standard InChI is InChI=1S/C36H69N2O6P/c1-3-5-7-9-11-13-15-16-17-18-20-22-24-26-28-30-36(40)38-34(33-44-45(41,42)43-32-31-37)35(39)29-27-25-23-21-19-14-12-10-8-6-4-2/h16-17,23,25,27,29,34-35,39H,3-15,18-22,24,26,28,30-33,37H2,1-2H3,(H,38,40)(H,41,42)/b17-16-,25-23+,29-27+/t34-,35+/m0/s1. The van der Waals surface area contributed by atoms with E-state index >= 15 is 0 Å². The number of carbonyl (C=O) groups excluding carboxylic acids is 1. The van der Waals surface area contributed by atoms with Gasteiger partial charge in [0.15, 0.2) is 0 Å². The molecule has 0 aromatic carbocycles. The molecule has 0 rings (SSSR count). The zero-order valence-corrected chi connectivity index (χ0v) is 29.7. The van der Waals surface area contributed by atoms with E-state index in [4.69, 9.17) is 14.8 Å². The van der Waals surface area contributed by atoms with Crippen molar-refractivity contribution in [2.45, 2.75) is 167 Å². The summed E-state index contributed by atoms with van der Waals surface area (Å²) in [6, 6.07) is -0.893. The normalized spacial score (nSPS) is 14.9. The predicted molar refractivity (Wildman–Crippen MR) is 189 cm³/mol. The van der Waals surface area contributed by atoms with Gasteiger partial charge in [-0.2, -0.15) is 0 Å². The van der Waals surface area contributed by atoms with Crippen LogP contribution in [0, 0.1) is 0 Å². The van der Waals surface area contributed by atoms with Crippen LogP contribution in [0.2, 0.25) is 0 Å². The second-order valence-electron chi connectivity index (χ2n) is 12.1. The molecule has 264 valence electrons. The number of aliphatic hydroxyl groups is 1. The number of nitrogens with one attached hydrogen (secondary N) is 1. The first-order valence-electron chi connectivity index (χ1n) is 18.1. The van der Waals surface area contributed by atoms with Crippen molar-refractivity contribution in [2.75, 3.05) is 19.8 Å². The Bertz CT molecular complexity index is 804. The number of hydrogen-bond donors (Lipinski definition) is 4. The number of carbonyl (C=O) groups is 1. The minimum Gasteiger partial charge on any atom is -0.387 e. The molecular weight excluding hydrogens is 587 g/mol. The largest absolute Gasteiger partial charge is 0.472 e. The Morgan fingerprint density at radius 3 is 1.76 bits per heavy atom. The number of phosphoric acid groups is 1. The van der Waals surface area contributed by atoms with E-state index in [1.54, 1.807) is 12.2 Å². The van der Waals surface area contributed by atoms with Crippen molar-refractivity contribution in [2.24, 2.45) is 5.73 Å². The molecule has 1 unspecified atom stereocenters. The molecule has 0 fully saturated rings. The molecule has 9 heteroatoms. The maximum atomic E-state index is 12.6. The number of hydrogen-bond acceptors (Lipinski definition) is 6. The van der Waals surface area contributed by atoms with E-state index in [1.165, 1.54) is 83.5 Å². The van der Waals surface area contributed by atoms with Crippen molar-refractivity contribution in [3.05, 3.63) is 36.5 Å².